The number of benzene rings is 1. The molecular weight excluding hydrogens is 365 g/mol. The van der Waals surface area contributed by atoms with Crippen molar-refractivity contribution in [3.05, 3.63) is 35.1 Å². The normalized spacial score (nSPS) is 14.2. The van der Waals surface area contributed by atoms with E-state index >= 15 is 0 Å². The molecule has 0 saturated heterocycles. The predicted octanol–water partition coefficient (Wildman–Crippen LogP) is 2.88. The van der Waals surface area contributed by atoms with Crippen molar-refractivity contribution in [2.45, 2.75) is 65.3 Å². The van der Waals surface area contributed by atoms with Crippen molar-refractivity contribution >= 4 is 11.8 Å². The molecular formula is C20H32FN3O4. The molecule has 1 rings (SSSR count). The lowest BCUT2D eigenvalue weighted by Crippen LogP contribution is -2.46. The molecule has 0 fully saturated rings. The molecule has 7 nitrogen and oxygen atoms in total. The summed E-state index contributed by atoms with van der Waals surface area (Å²) in [5.41, 5.74) is 5.04. The van der Waals surface area contributed by atoms with Gasteiger partial charge in [0.25, 0.3) is 0 Å². The number of rotatable bonds is 7. The first-order valence-corrected chi connectivity index (χ1v) is 9.07. The van der Waals surface area contributed by atoms with Crippen molar-refractivity contribution in [1.82, 2.24) is 4.90 Å². The van der Waals surface area contributed by atoms with Crippen LogP contribution in [0.5, 0.6) is 0 Å². The third-order valence-electron chi connectivity index (χ3n) is 3.76. The number of nitrogens with zero attached hydrogens (tertiary/aromatic N) is 2. The Morgan fingerprint density at radius 3 is 2.32 bits per heavy atom. The maximum atomic E-state index is 14.5. The second-order valence-corrected chi connectivity index (χ2v) is 8.68. The van der Waals surface area contributed by atoms with Crippen molar-refractivity contribution in [2.75, 3.05) is 13.7 Å². The molecule has 0 spiro atoms. The third-order valence-corrected chi connectivity index (χ3v) is 3.76. The first-order chi connectivity index (χ1) is 12.7. The molecule has 1 unspecified atom stereocenters. The van der Waals surface area contributed by atoms with Gasteiger partial charge in [-0.25, -0.2) is 4.39 Å². The standard InChI is InChI=1S/C20H32FN3O4/c1-19(2,3)27-12-16(18(25)28-20(4,5)6)24(7)11-14-9-8-13(10-15(14)21)17(22)23-26/h8-10,16,26H,11-12H2,1-7H3,(H2,22,23). The van der Waals surface area contributed by atoms with Gasteiger partial charge in [-0.15, -0.1) is 0 Å². The van der Waals surface area contributed by atoms with Gasteiger partial charge in [0.15, 0.2) is 5.84 Å². The Bertz CT molecular complexity index is 708. The topological polar surface area (TPSA) is 97.4 Å². The lowest BCUT2D eigenvalue weighted by molar-refractivity contribution is -0.165. The van der Waals surface area contributed by atoms with Crippen LogP contribution in [0.4, 0.5) is 4.39 Å². The highest BCUT2D eigenvalue weighted by molar-refractivity contribution is 5.97. The fraction of sp³-hybridized carbons (Fsp3) is 0.600. The lowest BCUT2D eigenvalue weighted by Gasteiger charge is -2.32. The minimum absolute atomic E-state index is 0.110. The molecule has 0 aliphatic rings. The number of carbonyl (C=O) groups is 1. The molecule has 158 valence electrons. The highest BCUT2D eigenvalue weighted by atomic mass is 19.1. The second-order valence-electron chi connectivity index (χ2n) is 8.68. The summed E-state index contributed by atoms with van der Waals surface area (Å²) in [4.78, 5) is 14.4. The number of ether oxygens (including phenoxy) is 2. The molecule has 0 saturated carbocycles. The summed E-state index contributed by atoms with van der Waals surface area (Å²) in [6.45, 7) is 11.3. The van der Waals surface area contributed by atoms with E-state index in [0.29, 0.717) is 5.56 Å². The van der Waals surface area contributed by atoms with Crippen LogP contribution in [-0.2, 0) is 20.8 Å². The summed E-state index contributed by atoms with van der Waals surface area (Å²) in [5.74, 6) is -1.13. The van der Waals surface area contributed by atoms with Crippen LogP contribution in [0, 0.1) is 5.82 Å². The Balaban J connectivity index is 3.02. The molecule has 8 heteroatoms. The van der Waals surface area contributed by atoms with Gasteiger partial charge in [-0.05, 0) is 54.7 Å². The van der Waals surface area contributed by atoms with Gasteiger partial charge in [0.2, 0.25) is 0 Å². The zero-order valence-corrected chi connectivity index (χ0v) is 17.7. The maximum Gasteiger partial charge on any atom is 0.326 e. The number of likely N-dealkylation sites (N-methyl/N-ethyl adjacent to an activating group) is 1. The highest BCUT2D eigenvalue weighted by Gasteiger charge is 2.30. The fourth-order valence-corrected chi connectivity index (χ4v) is 2.35. The predicted molar refractivity (Wildman–Crippen MR) is 106 cm³/mol. The number of esters is 1. The summed E-state index contributed by atoms with van der Waals surface area (Å²) in [7, 11) is 1.71. The van der Waals surface area contributed by atoms with Gasteiger partial charge in [-0.3, -0.25) is 9.69 Å². The molecule has 0 amide bonds. The monoisotopic (exact) mass is 397 g/mol. The quantitative estimate of drug-likeness (QED) is 0.241. The minimum atomic E-state index is -0.707. The van der Waals surface area contributed by atoms with Crippen LogP contribution >= 0.6 is 0 Å². The minimum Gasteiger partial charge on any atom is -0.459 e. The van der Waals surface area contributed by atoms with Crippen LogP contribution in [0.3, 0.4) is 0 Å². The van der Waals surface area contributed by atoms with Crippen LogP contribution in [-0.4, -0.2) is 52.8 Å². The Morgan fingerprint density at radius 2 is 1.86 bits per heavy atom. The fourth-order valence-electron chi connectivity index (χ4n) is 2.35. The number of oxime groups is 1. The van der Waals surface area contributed by atoms with Gasteiger partial charge in [-0.2, -0.15) is 0 Å². The molecule has 1 aromatic carbocycles. The van der Waals surface area contributed by atoms with Gasteiger partial charge in [0.1, 0.15) is 17.5 Å². The number of amidine groups is 1. The summed E-state index contributed by atoms with van der Waals surface area (Å²) in [6.07, 6.45) is 0. The van der Waals surface area contributed by atoms with E-state index in [1.807, 2.05) is 20.8 Å². The van der Waals surface area contributed by atoms with Gasteiger partial charge in [0.05, 0.1) is 12.2 Å². The lowest BCUT2D eigenvalue weighted by atomic mass is 10.1. The van der Waals surface area contributed by atoms with Crippen molar-refractivity contribution in [1.29, 1.82) is 0 Å². The van der Waals surface area contributed by atoms with Crippen molar-refractivity contribution in [3.63, 3.8) is 0 Å². The first-order valence-electron chi connectivity index (χ1n) is 9.07. The van der Waals surface area contributed by atoms with Crippen LogP contribution < -0.4 is 5.73 Å². The van der Waals surface area contributed by atoms with E-state index in [0.717, 1.165) is 0 Å². The number of hydrogen-bond acceptors (Lipinski definition) is 6. The number of nitrogens with two attached hydrogens (primary N) is 1. The van der Waals surface area contributed by atoms with Crippen molar-refractivity contribution < 1.29 is 23.9 Å². The van der Waals surface area contributed by atoms with E-state index in [-0.39, 0.29) is 24.6 Å². The average Bonchev–Trinajstić information content (AvgIpc) is 2.53. The Kier molecular flexibility index (Phi) is 7.95. The molecule has 0 aromatic heterocycles. The summed E-state index contributed by atoms with van der Waals surface area (Å²) < 4.78 is 25.7. The smallest absolute Gasteiger partial charge is 0.326 e. The van der Waals surface area contributed by atoms with E-state index in [1.54, 1.807) is 38.8 Å². The number of carbonyl (C=O) groups excluding carboxylic acids is 1. The third kappa shape index (κ3) is 7.82. The van der Waals surface area contributed by atoms with Crippen molar-refractivity contribution in [3.8, 4) is 0 Å². The van der Waals surface area contributed by atoms with Crippen LogP contribution in [0.2, 0.25) is 0 Å². The largest absolute Gasteiger partial charge is 0.459 e. The average molecular weight is 397 g/mol. The maximum absolute atomic E-state index is 14.5. The van der Waals surface area contributed by atoms with Gasteiger partial charge < -0.3 is 20.4 Å². The van der Waals surface area contributed by atoms with E-state index in [9.17, 15) is 9.18 Å². The molecule has 0 aliphatic carbocycles. The van der Waals surface area contributed by atoms with E-state index in [1.165, 1.54) is 12.1 Å². The first kappa shape index (κ1) is 23.8. The molecule has 1 aromatic rings. The molecule has 0 heterocycles. The highest BCUT2D eigenvalue weighted by Crippen LogP contribution is 2.18. The van der Waals surface area contributed by atoms with Crippen LogP contribution in [0.15, 0.2) is 23.4 Å². The van der Waals surface area contributed by atoms with Gasteiger partial charge in [-0.1, -0.05) is 17.3 Å². The molecule has 0 bridgehead atoms. The number of hydrogen-bond donors (Lipinski definition) is 2. The second kappa shape index (κ2) is 9.34. The Morgan fingerprint density at radius 1 is 1.25 bits per heavy atom. The summed E-state index contributed by atoms with van der Waals surface area (Å²) >= 11 is 0. The van der Waals surface area contributed by atoms with Gasteiger partial charge >= 0.3 is 5.97 Å². The van der Waals surface area contributed by atoms with E-state index < -0.39 is 29.0 Å². The van der Waals surface area contributed by atoms with E-state index in [4.69, 9.17) is 20.4 Å². The Labute approximate surface area is 166 Å². The molecule has 0 aliphatic heterocycles. The van der Waals surface area contributed by atoms with Crippen molar-refractivity contribution in [2.24, 2.45) is 10.9 Å². The summed E-state index contributed by atoms with van der Waals surface area (Å²) in [5, 5.41) is 11.6. The molecule has 3 N–H and O–H groups in total. The van der Waals surface area contributed by atoms with Crippen LogP contribution in [0.1, 0.15) is 52.7 Å². The van der Waals surface area contributed by atoms with E-state index in [2.05, 4.69) is 5.16 Å². The van der Waals surface area contributed by atoms with Gasteiger partial charge in [0, 0.05) is 17.7 Å². The Hall–Kier alpha value is -2.19. The zero-order chi connectivity index (χ0) is 21.7. The molecule has 0 radical (unpaired) electrons. The zero-order valence-electron chi connectivity index (χ0n) is 17.7. The molecule has 28 heavy (non-hydrogen) atoms. The number of halogens is 1. The summed E-state index contributed by atoms with van der Waals surface area (Å²) in [6, 6.07) is 3.57. The SMILES string of the molecule is CN(Cc1ccc(C(N)=NO)cc1F)C(COC(C)(C)C)C(=O)OC(C)(C)C. The van der Waals surface area contributed by atoms with Crippen LogP contribution in [0.25, 0.3) is 0 Å². The molecule has 1 atom stereocenters.